The molecule has 8 nitrogen and oxygen atoms in total. The average Bonchev–Trinajstić information content (AvgIpc) is 3.18. The van der Waals surface area contributed by atoms with Gasteiger partial charge in [0.15, 0.2) is 5.13 Å². The molecule has 2 aliphatic heterocycles. The van der Waals surface area contributed by atoms with Gasteiger partial charge in [0.1, 0.15) is 17.1 Å². The predicted octanol–water partition coefficient (Wildman–Crippen LogP) is 1.72. The molecule has 2 unspecified atom stereocenters. The SMILES string of the molecule is Nc1nc(/C(=C/Cc2ccccc2)C(=O)NC2C(=O)N3C(C(=O)O)=CCSC23)cs1. The van der Waals surface area contributed by atoms with E-state index in [1.54, 1.807) is 11.5 Å². The third kappa shape index (κ3) is 3.83. The largest absolute Gasteiger partial charge is 0.477 e. The van der Waals surface area contributed by atoms with Crippen molar-refractivity contribution in [2.24, 2.45) is 0 Å². The average molecular weight is 443 g/mol. The second-order valence-electron chi connectivity index (χ2n) is 6.66. The lowest BCUT2D eigenvalue weighted by Gasteiger charge is -2.48. The van der Waals surface area contributed by atoms with Gasteiger partial charge in [-0.15, -0.1) is 23.1 Å². The van der Waals surface area contributed by atoms with Gasteiger partial charge in [-0.05, 0) is 18.1 Å². The summed E-state index contributed by atoms with van der Waals surface area (Å²) in [6.07, 6.45) is 3.77. The van der Waals surface area contributed by atoms with Crippen LogP contribution in [0.2, 0.25) is 0 Å². The Labute approximate surface area is 180 Å². The minimum Gasteiger partial charge on any atom is -0.477 e. The number of thioether (sulfide) groups is 1. The number of nitrogens with zero attached hydrogens (tertiary/aromatic N) is 2. The summed E-state index contributed by atoms with van der Waals surface area (Å²) in [5, 5.41) is 13.6. The van der Waals surface area contributed by atoms with Gasteiger partial charge in [-0.3, -0.25) is 14.5 Å². The highest BCUT2D eigenvalue weighted by Crippen LogP contribution is 2.37. The molecule has 1 aromatic carbocycles. The Morgan fingerprint density at radius 1 is 1.33 bits per heavy atom. The fourth-order valence-electron chi connectivity index (χ4n) is 3.32. The van der Waals surface area contributed by atoms with Crippen LogP contribution in [0, 0.1) is 0 Å². The first-order chi connectivity index (χ1) is 14.5. The molecule has 4 rings (SSSR count). The van der Waals surface area contributed by atoms with E-state index in [-0.39, 0.29) is 5.70 Å². The molecule has 0 spiro atoms. The number of nitrogen functional groups attached to an aromatic ring is 1. The number of carboxylic acid groups (broad SMARTS) is 1. The third-order valence-electron chi connectivity index (χ3n) is 4.78. The van der Waals surface area contributed by atoms with Crippen molar-refractivity contribution in [2.45, 2.75) is 17.8 Å². The number of aromatic nitrogens is 1. The van der Waals surface area contributed by atoms with Crippen molar-refractivity contribution in [2.75, 3.05) is 11.5 Å². The lowest BCUT2D eigenvalue weighted by atomic mass is 10.0. The smallest absolute Gasteiger partial charge is 0.352 e. The van der Waals surface area contributed by atoms with Crippen molar-refractivity contribution in [1.29, 1.82) is 0 Å². The summed E-state index contributed by atoms with van der Waals surface area (Å²) in [6, 6.07) is 8.86. The number of hydrogen-bond acceptors (Lipinski definition) is 7. The molecule has 2 aromatic rings. The summed E-state index contributed by atoms with van der Waals surface area (Å²) in [5.74, 6) is -1.57. The zero-order chi connectivity index (χ0) is 21.3. The molecule has 0 aliphatic carbocycles. The number of carboxylic acids is 1. The van der Waals surface area contributed by atoms with E-state index in [4.69, 9.17) is 5.73 Å². The first kappa shape index (κ1) is 20.2. The van der Waals surface area contributed by atoms with Gasteiger partial charge < -0.3 is 16.2 Å². The molecular weight excluding hydrogens is 424 g/mol. The van der Waals surface area contributed by atoms with E-state index in [9.17, 15) is 19.5 Å². The summed E-state index contributed by atoms with van der Waals surface area (Å²) in [4.78, 5) is 42.4. The van der Waals surface area contributed by atoms with Gasteiger partial charge in [-0.25, -0.2) is 9.78 Å². The number of rotatable bonds is 6. The van der Waals surface area contributed by atoms with Gasteiger partial charge in [0.05, 0.1) is 11.3 Å². The Balaban J connectivity index is 1.54. The maximum atomic E-state index is 13.0. The van der Waals surface area contributed by atoms with Crippen LogP contribution in [0.3, 0.4) is 0 Å². The molecule has 1 saturated heterocycles. The lowest BCUT2D eigenvalue weighted by Crippen LogP contribution is -2.70. The zero-order valence-electron chi connectivity index (χ0n) is 15.6. The number of nitrogens with two attached hydrogens (primary N) is 1. The van der Waals surface area contributed by atoms with Gasteiger partial charge in [0.2, 0.25) is 0 Å². The van der Waals surface area contributed by atoms with E-state index in [1.165, 1.54) is 34.1 Å². The number of allylic oxidation sites excluding steroid dienone is 1. The molecule has 2 amide bonds. The number of benzene rings is 1. The van der Waals surface area contributed by atoms with E-state index < -0.39 is 29.2 Å². The molecule has 4 N–H and O–H groups in total. The predicted molar refractivity (Wildman–Crippen MR) is 115 cm³/mol. The standard InChI is InChI=1S/C20H18N4O4S2/c21-20-22-13(10-30-20)12(7-6-11-4-2-1-3-5-11)16(25)23-15-17(26)24-14(19(27)28)8-9-29-18(15)24/h1-5,7-8,10,15,18H,6,9H2,(H2,21,22)(H,23,25)(H,27,28)/b12-7-. The number of amides is 2. The summed E-state index contributed by atoms with van der Waals surface area (Å²) in [5.41, 5.74) is 7.49. The molecule has 0 radical (unpaired) electrons. The van der Waals surface area contributed by atoms with Crippen LogP contribution >= 0.6 is 23.1 Å². The summed E-state index contributed by atoms with van der Waals surface area (Å²) < 4.78 is 0. The second-order valence-corrected chi connectivity index (χ2v) is 8.70. The van der Waals surface area contributed by atoms with Crippen LogP contribution in [0.15, 0.2) is 53.6 Å². The van der Waals surface area contributed by atoms with Gasteiger partial charge in [-0.1, -0.05) is 36.4 Å². The van der Waals surface area contributed by atoms with Crippen LogP contribution < -0.4 is 11.1 Å². The minimum atomic E-state index is -1.15. The second kappa shape index (κ2) is 8.33. The van der Waals surface area contributed by atoms with Crippen LogP contribution in [-0.2, 0) is 20.8 Å². The van der Waals surface area contributed by atoms with Gasteiger partial charge in [0.25, 0.3) is 11.8 Å². The van der Waals surface area contributed by atoms with Crippen LogP contribution in [0.4, 0.5) is 5.13 Å². The minimum absolute atomic E-state index is 0.0404. The summed E-state index contributed by atoms with van der Waals surface area (Å²) in [6.45, 7) is 0. The normalized spacial score (nSPS) is 20.8. The molecule has 1 fully saturated rings. The fourth-order valence-corrected chi connectivity index (χ4v) is 5.07. The van der Waals surface area contributed by atoms with Crippen LogP contribution in [-0.4, -0.2) is 49.9 Å². The Bertz CT molecular complexity index is 1060. The summed E-state index contributed by atoms with van der Waals surface area (Å²) >= 11 is 2.63. The molecule has 1 aromatic heterocycles. The van der Waals surface area contributed by atoms with E-state index in [2.05, 4.69) is 10.3 Å². The van der Waals surface area contributed by atoms with E-state index >= 15 is 0 Å². The Morgan fingerprint density at radius 3 is 2.77 bits per heavy atom. The number of hydrogen-bond donors (Lipinski definition) is 3. The van der Waals surface area contributed by atoms with Crippen LogP contribution in [0.5, 0.6) is 0 Å². The van der Waals surface area contributed by atoms with Crippen molar-refractivity contribution in [3.8, 4) is 0 Å². The first-order valence-corrected chi connectivity index (χ1v) is 11.0. The maximum Gasteiger partial charge on any atom is 0.352 e. The quantitative estimate of drug-likeness (QED) is 0.459. The number of thiazole rings is 1. The van der Waals surface area contributed by atoms with Crippen LogP contribution in [0.25, 0.3) is 5.57 Å². The molecule has 0 bridgehead atoms. The monoisotopic (exact) mass is 442 g/mol. The number of β-lactam (4-membered cyclic amide) rings is 1. The van der Waals surface area contributed by atoms with Crippen LogP contribution in [0.1, 0.15) is 11.3 Å². The summed E-state index contributed by atoms with van der Waals surface area (Å²) in [7, 11) is 0. The highest BCUT2D eigenvalue weighted by atomic mass is 32.2. The molecular formula is C20H18N4O4S2. The Hall–Kier alpha value is -3.11. The number of anilines is 1. The number of aliphatic carboxylic acids is 1. The van der Waals surface area contributed by atoms with Crippen molar-refractivity contribution < 1.29 is 19.5 Å². The van der Waals surface area contributed by atoms with E-state index in [0.29, 0.717) is 28.6 Å². The highest BCUT2D eigenvalue weighted by Gasteiger charge is 2.52. The zero-order valence-corrected chi connectivity index (χ0v) is 17.3. The van der Waals surface area contributed by atoms with Gasteiger partial charge in [-0.2, -0.15) is 0 Å². The van der Waals surface area contributed by atoms with E-state index in [1.807, 2.05) is 30.3 Å². The lowest BCUT2D eigenvalue weighted by molar-refractivity contribution is -0.150. The van der Waals surface area contributed by atoms with Crippen molar-refractivity contribution >= 4 is 51.6 Å². The van der Waals surface area contributed by atoms with Crippen molar-refractivity contribution in [1.82, 2.24) is 15.2 Å². The van der Waals surface area contributed by atoms with Gasteiger partial charge >= 0.3 is 5.97 Å². The van der Waals surface area contributed by atoms with Crippen molar-refractivity contribution in [3.63, 3.8) is 0 Å². The molecule has 2 atom stereocenters. The number of carbonyl (C=O) groups excluding carboxylic acids is 2. The maximum absolute atomic E-state index is 13.0. The Morgan fingerprint density at radius 2 is 2.10 bits per heavy atom. The number of nitrogens with one attached hydrogen (secondary N) is 1. The number of fused-ring (bicyclic) bond motifs is 1. The number of carbonyl (C=O) groups is 3. The molecule has 2 aliphatic rings. The van der Waals surface area contributed by atoms with Crippen molar-refractivity contribution in [3.05, 3.63) is 64.8 Å². The van der Waals surface area contributed by atoms with E-state index in [0.717, 1.165) is 5.56 Å². The highest BCUT2D eigenvalue weighted by molar-refractivity contribution is 8.00. The molecule has 3 heterocycles. The first-order valence-electron chi connectivity index (χ1n) is 9.10. The molecule has 0 saturated carbocycles. The van der Waals surface area contributed by atoms with Gasteiger partial charge in [0, 0.05) is 11.1 Å². The molecule has 154 valence electrons. The fraction of sp³-hybridized carbons (Fsp3) is 0.200. The molecule has 30 heavy (non-hydrogen) atoms. The topological polar surface area (TPSA) is 126 Å². The third-order valence-corrected chi connectivity index (χ3v) is 6.64. The molecule has 10 heteroatoms. The Kier molecular flexibility index (Phi) is 5.60.